The van der Waals surface area contributed by atoms with Crippen LogP contribution in [0.1, 0.15) is 18.4 Å². The Balaban J connectivity index is 1.73. The monoisotopic (exact) mass is 284 g/mol. The van der Waals surface area contributed by atoms with E-state index in [-0.39, 0.29) is 0 Å². The van der Waals surface area contributed by atoms with Crippen LogP contribution >= 0.6 is 15.9 Å². The van der Waals surface area contributed by atoms with Crippen LogP contribution in [0.4, 0.5) is 0 Å². The Morgan fingerprint density at radius 1 is 1.25 bits per heavy atom. The van der Waals surface area contributed by atoms with Crippen LogP contribution in [-0.2, 0) is 16.1 Å². The van der Waals surface area contributed by atoms with Gasteiger partial charge < -0.3 is 9.47 Å². The summed E-state index contributed by atoms with van der Waals surface area (Å²) in [4.78, 5) is 0. The number of halogens is 1. The minimum absolute atomic E-state index is 0.677. The SMILES string of the molecule is Brc1ccccc1COCC1CCOCC1. The van der Waals surface area contributed by atoms with Gasteiger partial charge in [0.15, 0.2) is 0 Å². The van der Waals surface area contributed by atoms with Crippen molar-refractivity contribution in [3.8, 4) is 0 Å². The molecular weight excluding hydrogens is 268 g/mol. The first kappa shape index (κ1) is 12.1. The molecule has 1 aliphatic rings. The number of benzene rings is 1. The molecule has 0 atom stereocenters. The molecule has 0 aromatic heterocycles. The second kappa shape index (κ2) is 6.38. The van der Waals surface area contributed by atoms with Crippen LogP contribution in [0.15, 0.2) is 28.7 Å². The van der Waals surface area contributed by atoms with Crippen LogP contribution in [0.3, 0.4) is 0 Å². The van der Waals surface area contributed by atoms with Gasteiger partial charge in [-0.25, -0.2) is 0 Å². The summed E-state index contributed by atoms with van der Waals surface area (Å²) in [5, 5.41) is 0. The van der Waals surface area contributed by atoms with Gasteiger partial charge in [0.2, 0.25) is 0 Å². The molecular formula is C13H17BrO2. The molecule has 0 bridgehead atoms. The highest BCUT2D eigenvalue weighted by Gasteiger charge is 2.13. The fraction of sp³-hybridized carbons (Fsp3) is 0.538. The maximum atomic E-state index is 5.75. The van der Waals surface area contributed by atoms with Gasteiger partial charge in [0.1, 0.15) is 0 Å². The molecule has 1 saturated heterocycles. The van der Waals surface area contributed by atoms with Gasteiger partial charge in [0.05, 0.1) is 13.2 Å². The van der Waals surface area contributed by atoms with E-state index in [9.17, 15) is 0 Å². The molecule has 88 valence electrons. The van der Waals surface area contributed by atoms with Crippen LogP contribution in [-0.4, -0.2) is 19.8 Å². The van der Waals surface area contributed by atoms with Crippen molar-refractivity contribution in [2.24, 2.45) is 5.92 Å². The largest absolute Gasteiger partial charge is 0.381 e. The lowest BCUT2D eigenvalue weighted by atomic mass is 10.0. The Morgan fingerprint density at radius 2 is 2.00 bits per heavy atom. The van der Waals surface area contributed by atoms with Gasteiger partial charge in [-0.1, -0.05) is 34.1 Å². The molecule has 0 radical (unpaired) electrons. The highest BCUT2D eigenvalue weighted by atomic mass is 79.9. The maximum absolute atomic E-state index is 5.75. The Hall–Kier alpha value is -0.380. The third kappa shape index (κ3) is 3.58. The molecule has 1 aromatic carbocycles. The zero-order valence-electron chi connectivity index (χ0n) is 9.32. The molecule has 0 amide bonds. The quantitative estimate of drug-likeness (QED) is 0.844. The molecule has 1 heterocycles. The second-order valence-corrected chi connectivity index (χ2v) is 5.02. The lowest BCUT2D eigenvalue weighted by molar-refractivity contribution is 0.0156. The zero-order chi connectivity index (χ0) is 11.2. The average molecular weight is 285 g/mol. The first-order valence-electron chi connectivity index (χ1n) is 5.75. The standard InChI is InChI=1S/C13H17BrO2/c14-13-4-2-1-3-12(13)10-16-9-11-5-7-15-8-6-11/h1-4,11H,5-10H2. The Kier molecular flexibility index (Phi) is 4.82. The first-order valence-corrected chi connectivity index (χ1v) is 6.54. The van der Waals surface area contributed by atoms with E-state index in [1.165, 1.54) is 5.56 Å². The van der Waals surface area contributed by atoms with Crippen molar-refractivity contribution in [3.05, 3.63) is 34.3 Å². The van der Waals surface area contributed by atoms with Gasteiger partial charge in [-0.15, -0.1) is 0 Å². The highest BCUT2D eigenvalue weighted by molar-refractivity contribution is 9.10. The first-order chi connectivity index (χ1) is 7.86. The summed E-state index contributed by atoms with van der Waals surface area (Å²) in [6, 6.07) is 8.20. The second-order valence-electron chi connectivity index (χ2n) is 4.16. The molecule has 0 aliphatic carbocycles. The summed E-state index contributed by atoms with van der Waals surface area (Å²) >= 11 is 3.52. The van der Waals surface area contributed by atoms with Crippen molar-refractivity contribution in [3.63, 3.8) is 0 Å². The van der Waals surface area contributed by atoms with Gasteiger partial charge >= 0.3 is 0 Å². The van der Waals surface area contributed by atoms with Gasteiger partial charge in [-0.05, 0) is 30.4 Å². The van der Waals surface area contributed by atoms with E-state index in [1.807, 2.05) is 18.2 Å². The molecule has 1 aliphatic heterocycles. The number of rotatable bonds is 4. The Morgan fingerprint density at radius 3 is 2.75 bits per heavy atom. The zero-order valence-corrected chi connectivity index (χ0v) is 10.9. The predicted molar refractivity (Wildman–Crippen MR) is 67.3 cm³/mol. The van der Waals surface area contributed by atoms with Crippen molar-refractivity contribution in [2.45, 2.75) is 19.4 Å². The van der Waals surface area contributed by atoms with Gasteiger partial charge in [-0.3, -0.25) is 0 Å². The van der Waals surface area contributed by atoms with Crippen LogP contribution in [0.25, 0.3) is 0 Å². The molecule has 0 saturated carbocycles. The van der Waals surface area contributed by atoms with Crippen molar-refractivity contribution >= 4 is 15.9 Å². The van der Waals surface area contributed by atoms with Crippen molar-refractivity contribution in [1.82, 2.24) is 0 Å². The Labute approximate surface area is 105 Å². The molecule has 0 unspecified atom stereocenters. The fourth-order valence-electron chi connectivity index (χ4n) is 1.86. The molecule has 0 N–H and O–H groups in total. The molecule has 1 fully saturated rings. The molecule has 16 heavy (non-hydrogen) atoms. The minimum atomic E-state index is 0.677. The van der Waals surface area contributed by atoms with Crippen molar-refractivity contribution < 1.29 is 9.47 Å². The van der Waals surface area contributed by atoms with Gasteiger partial charge in [-0.2, -0.15) is 0 Å². The smallest absolute Gasteiger partial charge is 0.0727 e. The molecule has 0 spiro atoms. The lowest BCUT2D eigenvalue weighted by Gasteiger charge is -2.21. The van der Waals surface area contributed by atoms with E-state index in [2.05, 4.69) is 22.0 Å². The fourth-order valence-corrected chi connectivity index (χ4v) is 2.26. The summed E-state index contributed by atoms with van der Waals surface area (Å²) in [7, 11) is 0. The van der Waals surface area contributed by atoms with E-state index in [0.29, 0.717) is 12.5 Å². The number of hydrogen-bond donors (Lipinski definition) is 0. The van der Waals surface area contributed by atoms with E-state index in [4.69, 9.17) is 9.47 Å². The van der Waals surface area contributed by atoms with Crippen LogP contribution in [0.2, 0.25) is 0 Å². The summed E-state index contributed by atoms with van der Waals surface area (Å²) in [5.74, 6) is 0.677. The average Bonchev–Trinajstić information content (AvgIpc) is 2.33. The summed E-state index contributed by atoms with van der Waals surface area (Å²) in [6.45, 7) is 3.33. The van der Waals surface area contributed by atoms with E-state index >= 15 is 0 Å². The van der Waals surface area contributed by atoms with Crippen molar-refractivity contribution in [2.75, 3.05) is 19.8 Å². The third-order valence-corrected chi connectivity index (χ3v) is 3.68. The van der Waals surface area contributed by atoms with Crippen LogP contribution in [0, 0.1) is 5.92 Å². The third-order valence-electron chi connectivity index (χ3n) is 2.91. The normalized spacial score (nSPS) is 17.6. The summed E-state index contributed by atoms with van der Waals surface area (Å²) < 4.78 is 12.2. The van der Waals surface area contributed by atoms with E-state index in [0.717, 1.165) is 37.1 Å². The van der Waals surface area contributed by atoms with Gasteiger partial charge in [0, 0.05) is 17.7 Å². The van der Waals surface area contributed by atoms with E-state index < -0.39 is 0 Å². The molecule has 3 heteroatoms. The molecule has 2 rings (SSSR count). The minimum Gasteiger partial charge on any atom is -0.381 e. The van der Waals surface area contributed by atoms with Crippen molar-refractivity contribution in [1.29, 1.82) is 0 Å². The summed E-state index contributed by atoms with van der Waals surface area (Å²) in [6.07, 6.45) is 2.27. The topological polar surface area (TPSA) is 18.5 Å². The number of hydrogen-bond acceptors (Lipinski definition) is 2. The van der Waals surface area contributed by atoms with Crippen LogP contribution in [0.5, 0.6) is 0 Å². The molecule has 1 aromatic rings. The summed E-state index contributed by atoms with van der Waals surface area (Å²) in [5.41, 5.74) is 1.22. The van der Waals surface area contributed by atoms with E-state index in [1.54, 1.807) is 0 Å². The molecule has 2 nitrogen and oxygen atoms in total. The highest BCUT2D eigenvalue weighted by Crippen LogP contribution is 2.19. The van der Waals surface area contributed by atoms with Gasteiger partial charge in [0.25, 0.3) is 0 Å². The Bertz CT molecular complexity index is 321. The lowest BCUT2D eigenvalue weighted by Crippen LogP contribution is -2.20. The van der Waals surface area contributed by atoms with Crippen LogP contribution < -0.4 is 0 Å². The number of ether oxygens (including phenoxy) is 2. The maximum Gasteiger partial charge on any atom is 0.0727 e. The predicted octanol–water partition coefficient (Wildman–Crippen LogP) is 3.39.